The molecule has 1 heterocycles. The average molecular weight is 471 g/mol. The van der Waals surface area contributed by atoms with Gasteiger partial charge < -0.3 is 5.32 Å². The largest absolute Gasteiger partial charge is 0.503 e. The van der Waals surface area contributed by atoms with Crippen LogP contribution in [0, 0.1) is 0 Å². The molecule has 0 fully saturated rings. The van der Waals surface area contributed by atoms with Crippen LogP contribution in [0.4, 0.5) is 13.2 Å². The van der Waals surface area contributed by atoms with E-state index in [0.29, 0.717) is 22.3 Å². The molecule has 1 amide bonds. The Hall–Kier alpha value is -3.79. The minimum Gasteiger partial charge on any atom is -0.355 e. The van der Waals surface area contributed by atoms with Crippen molar-refractivity contribution in [3.8, 4) is 22.4 Å². The summed E-state index contributed by atoms with van der Waals surface area (Å²) in [7, 11) is -4.26. The molecule has 1 aromatic heterocycles. The summed E-state index contributed by atoms with van der Waals surface area (Å²) >= 11 is 0. The topological polar surface area (TPSA) is 89.0 Å². The first-order chi connectivity index (χ1) is 15.6. The van der Waals surface area contributed by atoms with E-state index in [9.17, 15) is 26.4 Å². The number of fused-ring (bicyclic) bond motifs is 1. The Bertz CT molecular complexity index is 1450. The lowest BCUT2D eigenvalue weighted by Crippen LogP contribution is -2.25. The first-order valence-electron chi connectivity index (χ1n) is 9.63. The molecule has 3 aromatic carbocycles. The van der Waals surface area contributed by atoms with Gasteiger partial charge in [0.2, 0.25) is 0 Å². The van der Waals surface area contributed by atoms with Gasteiger partial charge in [-0.15, -0.1) is 10.2 Å². The summed E-state index contributed by atoms with van der Waals surface area (Å²) < 4.78 is 64.6. The Morgan fingerprint density at radius 3 is 2.06 bits per heavy atom. The average Bonchev–Trinajstić information content (AvgIpc) is 2.82. The monoisotopic (exact) mass is 471 g/mol. The molecule has 0 aliphatic rings. The lowest BCUT2D eigenvalue weighted by Gasteiger charge is -2.13. The quantitative estimate of drug-likeness (QED) is 0.469. The van der Waals surface area contributed by atoms with Crippen LogP contribution in [-0.2, 0) is 9.84 Å². The molecule has 4 aromatic rings. The number of carbonyl (C=O) groups excluding carboxylic acids is 1. The van der Waals surface area contributed by atoms with Gasteiger partial charge in [-0.1, -0.05) is 54.6 Å². The molecule has 0 saturated heterocycles. The maximum Gasteiger partial charge on any atom is 0.503 e. The van der Waals surface area contributed by atoms with Gasteiger partial charge in [0.05, 0.1) is 0 Å². The number of nitrogens with zero attached hydrogens (tertiary/aromatic N) is 2. The number of halogens is 3. The van der Waals surface area contributed by atoms with Gasteiger partial charge in [0.15, 0.2) is 5.03 Å². The second-order valence-electron chi connectivity index (χ2n) is 7.09. The molecular formula is C23H16F3N3O3S. The van der Waals surface area contributed by atoms with Gasteiger partial charge in [-0.3, -0.25) is 4.79 Å². The summed E-state index contributed by atoms with van der Waals surface area (Å²) in [5.74, 6) is -0.290. The van der Waals surface area contributed by atoms with Crippen LogP contribution in [0.2, 0.25) is 0 Å². The number of hydrogen-bond donors (Lipinski definition) is 1. The molecule has 10 heteroatoms. The maximum atomic E-state index is 13.4. The van der Waals surface area contributed by atoms with Crippen molar-refractivity contribution in [3.63, 3.8) is 0 Å². The predicted molar refractivity (Wildman–Crippen MR) is 117 cm³/mol. The summed E-state index contributed by atoms with van der Waals surface area (Å²) in [5, 5.41) is 8.67. The number of benzene rings is 3. The predicted octanol–water partition coefficient (Wildman–Crippen LogP) is 4.62. The zero-order valence-corrected chi connectivity index (χ0v) is 17.9. The van der Waals surface area contributed by atoms with Gasteiger partial charge in [-0.05, 0) is 29.3 Å². The van der Waals surface area contributed by atoms with Crippen LogP contribution in [0.1, 0.15) is 10.4 Å². The number of sulfone groups is 1. The number of amides is 1. The molecule has 4 rings (SSSR count). The number of aromatic nitrogens is 2. The molecule has 0 aliphatic carbocycles. The van der Waals surface area contributed by atoms with Gasteiger partial charge in [-0.2, -0.15) is 13.2 Å². The summed E-state index contributed by atoms with van der Waals surface area (Å²) in [5.41, 5.74) is -3.26. The normalized spacial score (nSPS) is 12.0. The zero-order chi connectivity index (χ0) is 23.8. The van der Waals surface area contributed by atoms with Crippen molar-refractivity contribution in [1.82, 2.24) is 15.5 Å². The van der Waals surface area contributed by atoms with E-state index in [4.69, 9.17) is 0 Å². The Labute approximate surface area is 187 Å². The van der Waals surface area contributed by atoms with Crippen molar-refractivity contribution in [2.45, 2.75) is 10.5 Å². The molecule has 0 radical (unpaired) electrons. The minimum absolute atomic E-state index is 0.200. The van der Waals surface area contributed by atoms with E-state index in [0.717, 1.165) is 0 Å². The Kier molecular flexibility index (Phi) is 5.62. The van der Waals surface area contributed by atoms with Crippen LogP contribution in [0.25, 0.3) is 33.2 Å². The molecule has 0 atom stereocenters. The molecule has 0 unspecified atom stereocenters. The lowest BCUT2D eigenvalue weighted by atomic mass is 9.99. The van der Waals surface area contributed by atoms with Crippen LogP contribution in [0.5, 0.6) is 0 Å². The fourth-order valence-corrected chi connectivity index (χ4v) is 4.21. The van der Waals surface area contributed by atoms with Crippen molar-refractivity contribution >= 4 is 26.5 Å². The third-order valence-corrected chi connectivity index (χ3v) is 6.48. The van der Waals surface area contributed by atoms with Crippen LogP contribution in [0.3, 0.4) is 0 Å². The summed E-state index contributed by atoms with van der Waals surface area (Å²) in [6, 6.07) is 19.5. The lowest BCUT2D eigenvalue weighted by molar-refractivity contribution is -0.0437. The van der Waals surface area contributed by atoms with Gasteiger partial charge in [0.25, 0.3) is 15.7 Å². The van der Waals surface area contributed by atoms with E-state index in [-0.39, 0.29) is 22.4 Å². The molecule has 0 bridgehead atoms. The second-order valence-corrected chi connectivity index (χ2v) is 8.94. The van der Waals surface area contributed by atoms with Crippen molar-refractivity contribution in [2.75, 3.05) is 7.05 Å². The van der Waals surface area contributed by atoms with Gasteiger partial charge in [-0.25, -0.2) is 8.42 Å². The van der Waals surface area contributed by atoms with Crippen LogP contribution in [0.15, 0.2) is 77.8 Å². The Balaban J connectivity index is 1.96. The van der Waals surface area contributed by atoms with Crippen molar-refractivity contribution in [3.05, 3.63) is 78.4 Å². The molecule has 0 saturated carbocycles. The van der Waals surface area contributed by atoms with Crippen LogP contribution < -0.4 is 5.32 Å². The smallest absolute Gasteiger partial charge is 0.355 e. The van der Waals surface area contributed by atoms with Crippen molar-refractivity contribution in [1.29, 1.82) is 0 Å². The van der Waals surface area contributed by atoms with E-state index >= 15 is 0 Å². The number of alkyl halides is 3. The molecular weight excluding hydrogens is 455 g/mol. The van der Waals surface area contributed by atoms with E-state index < -0.39 is 20.4 Å². The zero-order valence-electron chi connectivity index (χ0n) is 17.1. The van der Waals surface area contributed by atoms with E-state index in [1.54, 1.807) is 60.7 Å². The van der Waals surface area contributed by atoms with Crippen molar-refractivity contribution in [2.24, 2.45) is 0 Å². The first-order valence-corrected chi connectivity index (χ1v) is 11.1. The second kappa shape index (κ2) is 8.28. The Morgan fingerprint density at radius 2 is 1.45 bits per heavy atom. The highest BCUT2D eigenvalue weighted by Gasteiger charge is 2.49. The van der Waals surface area contributed by atoms with E-state index in [1.807, 2.05) is 0 Å². The number of carbonyl (C=O) groups is 1. The summed E-state index contributed by atoms with van der Waals surface area (Å²) in [6.45, 7) is 0. The molecule has 0 aliphatic heterocycles. The third-order valence-electron chi connectivity index (χ3n) is 5.06. The minimum atomic E-state index is -5.75. The fourth-order valence-electron chi connectivity index (χ4n) is 3.39. The number of hydrogen-bond acceptors (Lipinski definition) is 5. The van der Waals surface area contributed by atoms with Gasteiger partial charge in [0, 0.05) is 28.9 Å². The third kappa shape index (κ3) is 4.05. The molecule has 33 heavy (non-hydrogen) atoms. The van der Waals surface area contributed by atoms with Gasteiger partial charge in [0.1, 0.15) is 5.69 Å². The molecule has 168 valence electrons. The SMILES string of the molecule is CNC(=O)c1ccc(-c2ccc3c(-c4ccccc4)nnc(S(=O)(=O)C(F)(F)F)c3c2)cc1. The molecule has 1 N–H and O–H groups in total. The van der Waals surface area contributed by atoms with E-state index in [2.05, 4.69) is 15.5 Å². The maximum absolute atomic E-state index is 13.4. The van der Waals surface area contributed by atoms with Crippen LogP contribution >= 0.6 is 0 Å². The first kappa shape index (κ1) is 22.4. The highest BCUT2D eigenvalue weighted by molar-refractivity contribution is 7.92. The fraction of sp³-hybridized carbons (Fsp3) is 0.0870. The molecule has 6 nitrogen and oxygen atoms in total. The van der Waals surface area contributed by atoms with Crippen molar-refractivity contribution < 1.29 is 26.4 Å². The number of rotatable bonds is 4. The van der Waals surface area contributed by atoms with Gasteiger partial charge >= 0.3 is 5.51 Å². The summed E-state index contributed by atoms with van der Waals surface area (Å²) in [6.07, 6.45) is 0. The highest BCUT2D eigenvalue weighted by atomic mass is 32.2. The summed E-state index contributed by atoms with van der Waals surface area (Å²) in [4.78, 5) is 11.8. The van der Waals surface area contributed by atoms with E-state index in [1.165, 1.54) is 19.2 Å². The van der Waals surface area contributed by atoms with Crippen LogP contribution in [-0.4, -0.2) is 37.1 Å². The number of nitrogens with one attached hydrogen (secondary N) is 1. The molecule has 0 spiro atoms. The standard InChI is InChI=1S/C23H16F3N3O3S/c1-27-21(30)16-9-7-14(8-10-16)17-11-12-18-19(13-17)22(33(31,32)23(24,25)26)29-28-20(18)15-5-3-2-4-6-15/h2-13H,1H3,(H,27,30). The Morgan fingerprint density at radius 1 is 0.818 bits per heavy atom. The highest BCUT2D eigenvalue weighted by Crippen LogP contribution is 2.37.